The van der Waals surface area contributed by atoms with E-state index in [4.69, 9.17) is 37.3 Å². The number of nitrogens with zero attached hydrogens (tertiary/aromatic N) is 2. The molecule has 23 nitrogen and oxygen atoms in total. The Kier molecular flexibility index (Phi) is 24.7. The number of hydrogen-bond acceptors (Lipinski definition) is 16. The average molecular weight is 731 g/mol. The summed E-state index contributed by atoms with van der Waals surface area (Å²) in [5, 5.41) is 48.4. The van der Waals surface area contributed by atoms with Crippen molar-refractivity contribution >= 4 is 23.2 Å². The predicted octanol–water partition coefficient (Wildman–Crippen LogP) is -13.1. The fourth-order valence-corrected chi connectivity index (χ4v) is 2.21. The summed E-state index contributed by atoms with van der Waals surface area (Å²) in [7, 11) is -9.89. The van der Waals surface area contributed by atoms with Crippen LogP contribution in [-0.2, 0) is 17.1 Å². The van der Waals surface area contributed by atoms with Crippen LogP contribution in [0.25, 0.3) is 0 Å². The number of carbonyl (C=O) groups excluding carboxylic acids is 2. The summed E-state index contributed by atoms with van der Waals surface area (Å²) in [5.41, 5.74) is 6.04. The Labute approximate surface area is 260 Å². The summed E-state index contributed by atoms with van der Waals surface area (Å²) in [6, 6.07) is 6.11. The molecule has 0 heterocycles. The number of rotatable bonds is 8. The van der Waals surface area contributed by atoms with Gasteiger partial charge in [0.1, 0.15) is 0 Å². The van der Waals surface area contributed by atoms with Crippen LogP contribution in [-0.4, -0.2) is 53.3 Å². The minimum Gasteiger partial charge on any atom is -0.872 e. The van der Waals surface area contributed by atoms with E-state index in [2.05, 4.69) is 22.1 Å². The molecule has 0 aliphatic rings. The van der Waals surface area contributed by atoms with Crippen LogP contribution >= 0.6 is 0 Å². The molecule has 0 saturated heterocycles. The molecule has 0 unspecified atom stereocenters. The van der Waals surface area contributed by atoms with Gasteiger partial charge >= 0.3 is 17.1 Å². The Hall–Kier alpha value is -3.56. The van der Waals surface area contributed by atoms with E-state index in [1.807, 2.05) is 0 Å². The molecule has 253 valence electrons. The van der Waals surface area contributed by atoms with Gasteiger partial charge < -0.3 is 37.8 Å². The van der Waals surface area contributed by atoms with Crippen molar-refractivity contribution in [2.75, 3.05) is 26.2 Å². The van der Waals surface area contributed by atoms with Gasteiger partial charge in [0.2, 0.25) is 0 Å². The first-order valence-corrected chi connectivity index (χ1v) is 12.9. The van der Waals surface area contributed by atoms with E-state index >= 15 is 0 Å². The number of hydrogen-bond donors (Lipinski definition) is 4. The molecule has 2 aromatic rings. The third kappa shape index (κ3) is 25.0. The summed E-state index contributed by atoms with van der Waals surface area (Å²) < 4.78 is 67.9. The maximum atomic E-state index is 11.4. The van der Waals surface area contributed by atoms with Crippen LogP contribution in [0.2, 0.25) is 0 Å². The monoisotopic (exact) mass is 729 g/mol. The first-order chi connectivity index (χ1) is 19.1. The van der Waals surface area contributed by atoms with Gasteiger partial charge in [-0.3, -0.25) is 29.8 Å². The van der Waals surface area contributed by atoms with Crippen molar-refractivity contribution in [3.05, 3.63) is 67.8 Å². The molecule has 10 N–H and O–H groups in total. The maximum absolute atomic E-state index is 11.4. The molecular weight excluding hydrogens is 707 g/mol. The van der Waals surface area contributed by atoms with Gasteiger partial charge in [0.15, 0.2) is 0 Å². The van der Waals surface area contributed by atoms with Crippen LogP contribution in [0, 0.1) is 40.7 Å². The summed E-state index contributed by atoms with van der Waals surface area (Å²) in [4.78, 5) is 42.5. The zero-order chi connectivity index (χ0) is 33.3. The standard InChI is InChI=1S/2C9H11N3O4.2ClHO4.Cu.H2O/c2*10-3-4-11-9(14)7-5-6(12(15)16)1-2-8(7)13;2*2-1(3,4)5;;/h2*1-2,5,13H,3-4,10H2,(H,11,14);2*(H,2,3,4,5);;1H2/q;;;;+2;/p-2. The molecule has 0 atom stereocenters. The number of benzene rings is 2. The van der Waals surface area contributed by atoms with Crippen LogP contribution in [0.15, 0.2) is 36.4 Å². The van der Waals surface area contributed by atoms with Crippen LogP contribution in [0.5, 0.6) is 11.5 Å². The third-order valence-corrected chi connectivity index (χ3v) is 3.76. The van der Waals surface area contributed by atoms with Crippen LogP contribution in [0.1, 0.15) is 20.7 Å². The van der Waals surface area contributed by atoms with Gasteiger partial charge in [-0.15, -0.1) is 20.5 Å². The number of nitrogens with one attached hydrogen (secondary N) is 2. The predicted molar refractivity (Wildman–Crippen MR) is 109 cm³/mol. The second kappa shape index (κ2) is 22.9. The maximum Gasteiger partial charge on any atom is 2.00 e. The van der Waals surface area contributed by atoms with E-state index in [1.165, 1.54) is 0 Å². The van der Waals surface area contributed by atoms with Crippen molar-refractivity contribution in [1.82, 2.24) is 10.6 Å². The number of halogens is 2. The van der Waals surface area contributed by atoms with E-state index in [0.29, 0.717) is 26.2 Å². The smallest absolute Gasteiger partial charge is 0.872 e. The number of non-ortho nitro benzene ring substituents is 2. The van der Waals surface area contributed by atoms with E-state index < -0.39 is 53.6 Å². The minimum absolute atomic E-state index is 0. The van der Waals surface area contributed by atoms with Crippen molar-refractivity contribution in [3.63, 3.8) is 0 Å². The SMILES string of the molecule is O.[Cu+2].[NH3+]CCNC(=O)c1cc([N+](=O)[O-])ccc1[O-].[NH3+]CCNC(=O)c1cc([N+](=O)[O-])ccc1[O-].[O-][Cl+3]([O-])([O-])[O-].[O-][Cl+3]([O-])([O-])[O-]. The first kappa shape index (κ1) is 47.4. The van der Waals surface area contributed by atoms with Gasteiger partial charge in [0, 0.05) is 35.4 Å². The van der Waals surface area contributed by atoms with Crippen molar-refractivity contribution in [2.45, 2.75) is 0 Å². The molecule has 2 amide bonds. The summed E-state index contributed by atoms with van der Waals surface area (Å²) in [6.07, 6.45) is 0. The van der Waals surface area contributed by atoms with E-state index in [0.717, 1.165) is 36.4 Å². The molecule has 0 bridgehead atoms. The topological polar surface area (TPSA) is 462 Å². The van der Waals surface area contributed by atoms with Gasteiger partial charge in [0.05, 0.1) is 36.0 Å². The number of nitro benzene ring substituents is 2. The molecule has 0 aliphatic carbocycles. The van der Waals surface area contributed by atoms with Gasteiger partial charge in [-0.1, -0.05) is 23.6 Å². The Morgan fingerprint density at radius 3 is 1.11 bits per heavy atom. The Balaban J connectivity index is -0.000000270. The van der Waals surface area contributed by atoms with Crippen LogP contribution < -0.4 is 69.6 Å². The van der Waals surface area contributed by atoms with Crippen LogP contribution in [0.3, 0.4) is 0 Å². The minimum atomic E-state index is -4.94. The van der Waals surface area contributed by atoms with Crippen molar-refractivity contribution in [2.24, 2.45) is 0 Å². The first-order valence-electron chi connectivity index (χ1n) is 10.4. The van der Waals surface area contributed by atoms with E-state index in [1.54, 1.807) is 0 Å². The fourth-order valence-electron chi connectivity index (χ4n) is 2.21. The fraction of sp³-hybridized carbons (Fsp3) is 0.222. The number of amides is 2. The number of carbonyl (C=O) groups is 2. The summed E-state index contributed by atoms with van der Waals surface area (Å²) in [5.74, 6) is -2.30. The van der Waals surface area contributed by atoms with Gasteiger partial charge in [-0.25, -0.2) is 37.3 Å². The van der Waals surface area contributed by atoms with Crippen molar-refractivity contribution in [3.8, 4) is 11.5 Å². The largest absolute Gasteiger partial charge is 2.00 e. The third-order valence-electron chi connectivity index (χ3n) is 3.76. The van der Waals surface area contributed by atoms with E-state index in [9.17, 15) is 40.0 Å². The Morgan fingerprint density at radius 1 is 0.659 bits per heavy atom. The second-order valence-corrected chi connectivity index (χ2v) is 8.36. The molecule has 0 saturated carbocycles. The second-order valence-electron chi connectivity index (χ2n) is 6.85. The van der Waals surface area contributed by atoms with Crippen LogP contribution in [0.4, 0.5) is 11.4 Å². The number of quaternary nitrogens is 2. The molecule has 0 aliphatic heterocycles. The molecule has 0 spiro atoms. The molecule has 0 aromatic heterocycles. The van der Waals surface area contributed by atoms with Gasteiger partial charge in [-0.05, 0) is 0 Å². The molecule has 2 rings (SSSR count). The number of nitro groups is 2. The molecule has 2 aromatic carbocycles. The van der Waals surface area contributed by atoms with Crippen molar-refractivity contribution < 1.29 is 121 Å². The van der Waals surface area contributed by atoms with Gasteiger partial charge in [-0.2, -0.15) is 0 Å². The molecule has 26 heteroatoms. The molecule has 0 fully saturated rings. The summed E-state index contributed by atoms with van der Waals surface area (Å²) >= 11 is 0. The Bertz CT molecular complexity index is 1100. The molecule has 44 heavy (non-hydrogen) atoms. The average Bonchev–Trinajstić information content (AvgIpc) is 2.84. The van der Waals surface area contributed by atoms with Crippen molar-refractivity contribution in [1.29, 1.82) is 0 Å². The quantitative estimate of drug-likeness (QED) is 0.111. The summed E-state index contributed by atoms with van der Waals surface area (Å²) in [6.45, 7) is 1.60. The van der Waals surface area contributed by atoms with E-state index in [-0.39, 0.29) is 45.0 Å². The Morgan fingerprint density at radius 2 is 0.909 bits per heavy atom. The normalized spacial score (nSPS) is 9.86. The zero-order valence-corrected chi connectivity index (χ0v) is 24.1. The molecule has 1 radical (unpaired) electrons. The molecular formula is C18H24Cl2CuN6O17. The van der Waals surface area contributed by atoms with Gasteiger partial charge in [0.25, 0.3) is 23.2 Å². The zero-order valence-electron chi connectivity index (χ0n) is 21.7.